The number of phosphoric ester groups is 1. The van der Waals surface area contributed by atoms with Crippen molar-refractivity contribution in [3.05, 3.63) is 60.8 Å². The van der Waals surface area contributed by atoms with Gasteiger partial charge in [0.1, 0.15) is 13.2 Å². The van der Waals surface area contributed by atoms with Crippen molar-refractivity contribution in [3.63, 3.8) is 0 Å². The maximum absolute atomic E-state index is 12.8. The largest absolute Gasteiger partial charge is 0.756 e. The molecule has 0 rings (SSSR count). The minimum absolute atomic E-state index is 0.0198. The number of quaternary nitrogens is 1. The Labute approximate surface area is 312 Å². The minimum Gasteiger partial charge on any atom is -0.756 e. The summed E-state index contributed by atoms with van der Waals surface area (Å²) in [5.74, 6) is -0.267. The number of rotatable bonds is 34. The van der Waals surface area contributed by atoms with Crippen molar-refractivity contribution in [1.82, 2.24) is 5.32 Å². The van der Waals surface area contributed by atoms with Gasteiger partial charge in [-0.1, -0.05) is 119 Å². The van der Waals surface area contributed by atoms with Gasteiger partial charge < -0.3 is 34.0 Å². The average molecular weight is 739 g/mol. The first-order chi connectivity index (χ1) is 24.4. The van der Waals surface area contributed by atoms with Crippen LogP contribution in [0.5, 0.6) is 0 Å². The van der Waals surface area contributed by atoms with Gasteiger partial charge in [0, 0.05) is 6.42 Å². The standard InChI is InChI=1S/C41H75N2O7P/c1-6-7-8-9-10-11-17-21-24-27-30-33-40(45)39(37-50-51(47,48)49-36-35-43(3,4)5)42-41(46)34-31-28-25-22-19-16-14-12-13-15-18-20-23-26-29-32-38(2)44/h13-16,20,22-23,25,30,33,38-40,44-45H,6-12,17-19,21,24,26-29,31-32,34-37H2,1-5H3,(H-,42,46,47,48)/b15-13-,16-14-,23-20-,25-22-,33-30+/t38-,39-,40+/m0/s1. The number of hydrogen-bond acceptors (Lipinski definition) is 7. The van der Waals surface area contributed by atoms with E-state index in [1.807, 2.05) is 34.1 Å². The summed E-state index contributed by atoms with van der Waals surface area (Å²) in [6, 6.07) is -0.923. The van der Waals surface area contributed by atoms with E-state index in [9.17, 15) is 24.5 Å². The molecule has 51 heavy (non-hydrogen) atoms. The summed E-state index contributed by atoms with van der Waals surface area (Å²) in [7, 11) is 1.19. The van der Waals surface area contributed by atoms with Crippen LogP contribution in [0.25, 0.3) is 0 Å². The van der Waals surface area contributed by atoms with E-state index in [1.165, 1.54) is 44.9 Å². The molecule has 0 bridgehead atoms. The molecule has 0 spiro atoms. The lowest BCUT2D eigenvalue weighted by atomic mass is 10.1. The number of nitrogens with zero attached hydrogens (tertiary/aromatic N) is 1. The molecule has 0 aromatic carbocycles. The van der Waals surface area contributed by atoms with Crippen molar-refractivity contribution in [3.8, 4) is 0 Å². The molecule has 9 nitrogen and oxygen atoms in total. The Morgan fingerprint density at radius 1 is 0.745 bits per heavy atom. The number of allylic oxidation sites excluding steroid dienone is 9. The van der Waals surface area contributed by atoms with Gasteiger partial charge in [0.2, 0.25) is 5.91 Å². The predicted molar refractivity (Wildman–Crippen MR) is 211 cm³/mol. The zero-order valence-electron chi connectivity index (χ0n) is 32.9. The molecule has 0 saturated carbocycles. The number of hydrogen-bond donors (Lipinski definition) is 3. The van der Waals surface area contributed by atoms with Gasteiger partial charge in [0.25, 0.3) is 7.82 Å². The SMILES string of the molecule is CCCCCCCCCCC/C=C/[C@@H](O)[C@H](COP(=O)([O-])OCC[N+](C)(C)C)NC(=O)CCC/C=C\C/C=C\C/C=C\C/C=C\CCC[C@H](C)O. The van der Waals surface area contributed by atoms with Crippen molar-refractivity contribution in [2.75, 3.05) is 40.9 Å². The molecule has 1 unspecified atom stereocenters. The third kappa shape index (κ3) is 36.3. The van der Waals surface area contributed by atoms with Gasteiger partial charge in [-0.15, -0.1) is 0 Å². The number of aliphatic hydroxyl groups excluding tert-OH is 2. The molecule has 10 heteroatoms. The van der Waals surface area contributed by atoms with Crippen molar-refractivity contribution in [2.24, 2.45) is 0 Å². The Bertz CT molecular complexity index is 1030. The topological polar surface area (TPSA) is 128 Å². The molecule has 0 aliphatic heterocycles. The zero-order valence-corrected chi connectivity index (χ0v) is 33.8. The van der Waals surface area contributed by atoms with E-state index in [-0.39, 0.29) is 25.0 Å². The molecule has 3 N–H and O–H groups in total. The molecule has 296 valence electrons. The van der Waals surface area contributed by atoms with Crippen molar-refractivity contribution in [1.29, 1.82) is 0 Å². The molecule has 1 amide bonds. The molecular weight excluding hydrogens is 663 g/mol. The van der Waals surface area contributed by atoms with Gasteiger partial charge in [0.15, 0.2) is 0 Å². The zero-order chi connectivity index (χ0) is 38.1. The summed E-state index contributed by atoms with van der Waals surface area (Å²) >= 11 is 0. The normalized spacial score (nSPS) is 15.8. The third-order valence-electron chi connectivity index (χ3n) is 8.24. The summed E-state index contributed by atoms with van der Waals surface area (Å²) < 4.78 is 23.0. The van der Waals surface area contributed by atoms with Crippen LogP contribution in [-0.4, -0.2) is 79.8 Å². The highest BCUT2D eigenvalue weighted by molar-refractivity contribution is 7.45. The first-order valence-corrected chi connectivity index (χ1v) is 21.1. The number of carbonyl (C=O) groups excluding carboxylic acids is 1. The van der Waals surface area contributed by atoms with Crippen LogP contribution in [0.4, 0.5) is 0 Å². The second-order valence-electron chi connectivity index (χ2n) is 14.6. The van der Waals surface area contributed by atoms with Crippen LogP contribution in [0.1, 0.15) is 136 Å². The molecule has 0 heterocycles. The summed E-state index contributed by atoms with van der Waals surface area (Å²) in [5.41, 5.74) is 0. The Morgan fingerprint density at radius 2 is 1.25 bits per heavy atom. The monoisotopic (exact) mass is 739 g/mol. The molecule has 0 aliphatic carbocycles. The van der Waals surface area contributed by atoms with Gasteiger partial charge in [0.05, 0.1) is 46.0 Å². The number of unbranched alkanes of at least 4 members (excludes halogenated alkanes) is 11. The Balaban J connectivity index is 4.61. The second kappa shape index (κ2) is 32.8. The van der Waals surface area contributed by atoms with Gasteiger partial charge >= 0.3 is 0 Å². The molecule has 0 aliphatic rings. The van der Waals surface area contributed by atoms with E-state index in [0.717, 1.165) is 64.2 Å². The lowest BCUT2D eigenvalue weighted by molar-refractivity contribution is -0.870. The van der Waals surface area contributed by atoms with Gasteiger partial charge in [-0.05, 0) is 71.1 Å². The Kier molecular flexibility index (Phi) is 31.6. The fourth-order valence-electron chi connectivity index (χ4n) is 5.04. The van der Waals surface area contributed by atoms with Gasteiger partial charge in [-0.3, -0.25) is 9.36 Å². The highest BCUT2D eigenvalue weighted by Crippen LogP contribution is 2.38. The number of nitrogens with one attached hydrogen (secondary N) is 1. The van der Waals surface area contributed by atoms with E-state index < -0.39 is 26.6 Å². The van der Waals surface area contributed by atoms with Crippen LogP contribution in [-0.2, 0) is 18.4 Å². The van der Waals surface area contributed by atoms with Crippen LogP contribution in [0.15, 0.2) is 60.8 Å². The second-order valence-corrected chi connectivity index (χ2v) is 16.0. The maximum atomic E-state index is 12.8. The minimum atomic E-state index is -4.60. The van der Waals surface area contributed by atoms with Gasteiger partial charge in [-0.25, -0.2) is 0 Å². The number of carbonyl (C=O) groups is 1. The maximum Gasteiger partial charge on any atom is 0.268 e. The number of aliphatic hydroxyl groups is 2. The number of likely N-dealkylation sites (N-methyl/N-ethyl adjacent to an activating group) is 1. The van der Waals surface area contributed by atoms with Crippen LogP contribution in [0, 0.1) is 0 Å². The predicted octanol–water partition coefficient (Wildman–Crippen LogP) is 8.63. The van der Waals surface area contributed by atoms with Crippen LogP contribution >= 0.6 is 7.82 Å². The average Bonchev–Trinajstić information content (AvgIpc) is 3.06. The van der Waals surface area contributed by atoms with Gasteiger partial charge in [-0.2, -0.15) is 0 Å². The quantitative estimate of drug-likeness (QED) is 0.0261. The van der Waals surface area contributed by atoms with E-state index in [2.05, 4.69) is 60.8 Å². The first kappa shape index (κ1) is 49.2. The van der Waals surface area contributed by atoms with Crippen molar-refractivity contribution >= 4 is 13.7 Å². The molecular formula is C41H75N2O7P. The van der Waals surface area contributed by atoms with Crippen LogP contribution in [0.2, 0.25) is 0 Å². The smallest absolute Gasteiger partial charge is 0.268 e. The lowest BCUT2D eigenvalue weighted by Gasteiger charge is -2.29. The Morgan fingerprint density at radius 3 is 1.80 bits per heavy atom. The lowest BCUT2D eigenvalue weighted by Crippen LogP contribution is -2.45. The highest BCUT2D eigenvalue weighted by Gasteiger charge is 2.23. The molecule has 0 radical (unpaired) electrons. The van der Waals surface area contributed by atoms with E-state index in [1.54, 1.807) is 6.08 Å². The van der Waals surface area contributed by atoms with Crippen molar-refractivity contribution in [2.45, 2.75) is 154 Å². The van der Waals surface area contributed by atoms with Crippen LogP contribution < -0.4 is 10.2 Å². The summed E-state index contributed by atoms with van der Waals surface area (Å²) in [6.07, 6.45) is 38.3. The molecule has 0 aromatic heterocycles. The summed E-state index contributed by atoms with van der Waals surface area (Å²) in [5, 5.41) is 22.9. The molecule has 0 saturated heterocycles. The van der Waals surface area contributed by atoms with E-state index >= 15 is 0 Å². The van der Waals surface area contributed by atoms with E-state index in [0.29, 0.717) is 17.4 Å². The number of amides is 1. The van der Waals surface area contributed by atoms with Crippen LogP contribution in [0.3, 0.4) is 0 Å². The third-order valence-corrected chi connectivity index (χ3v) is 9.20. The highest BCUT2D eigenvalue weighted by atomic mass is 31.2. The number of phosphoric acid groups is 1. The van der Waals surface area contributed by atoms with Crippen molar-refractivity contribution < 1.29 is 38.0 Å². The fraction of sp³-hybridized carbons (Fsp3) is 0.732. The summed E-state index contributed by atoms with van der Waals surface area (Å²) in [6.45, 7) is 4.10. The first-order valence-electron chi connectivity index (χ1n) is 19.7. The molecule has 0 fully saturated rings. The van der Waals surface area contributed by atoms with E-state index in [4.69, 9.17) is 9.05 Å². The summed E-state index contributed by atoms with van der Waals surface area (Å²) in [4.78, 5) is 25.1. The Hall–Kier alpha value is -1.84. The molecule has 4 atom stereocenters. The molecule has 0 aromatic rings. The fourth-order valence-corrected chi connectivity index (χ4v) is 5.77.